The number of nitrogens with one attached hydrogen (secondary N) is 1. The SMILES string of the molecule is CN=C(NCCOc1ccc2c(c1)OCO2)N1CCC(COCc2ccccc2)C1.I. The molecule has 1 atom stereocenters. The van der Waals surface area contributed by atoms with Crippen molar-refractivity contribution in [2.75, 3.05) is 46.7 Å². The van der Waals surface area contributed by atoms with Crippen molar-refractivity contribution in [1.29, 1.82) is 0 Å². The first kappa shape index (κ1) is 23.5. The third kappa shape index (κ3) is 6.64. The molecule has 1 N–H and O–H groups in total. The molecule has 1 fully saturated rings. The van der Waals surface area contributed by atoms with Gasteiger partial charge in [0, 0.05) is 32.1 Å². The van der Waals surface area contributed by atoms with E-state index in [4.69, 9.17) is 18.9 Å². The molecule has 2 aromatic carbocycles. The molecule has 7 nitrogen and oxygen atoms in total. The lowest BCUT2D eigenvalue weighted by Crippen LogP contribution is -2.41. The maximum atomic E-state index is 5.92. The average Bonchev–Trinajstić information content (AvgIpc) is 3.44. The number of benzene rings is 2. The van der Waals surface area contributed by atoms with Crippen LogP contribution in [0.25, 0.3) is 0 Å². The van der Waals surface area contributed by atoms with Crippen LogP contribution in [0.3, 0.4) is 0 Å². The molecule has 0 spiro atoms. The van der Waals surface area contributed by atoms with Crippen molar-refractivity contribution in [2.45, 2.75) is 13.0 Å². The van der Waals surface area contributed by atoms with Crippen LogP contribution in [0, 0.1) is 5.92 Å². The van der Waals surface area contributed by atoms with Gasteiger partial charge >= 0.3 is 0 Å². The van der Waals surface area contributed by atoms with E-state index in [-0.39, 0.29) is 30.8 Å². The molecule has 0 aliphatic carbocycles. The van der Waals surface area contributed by atoms with Gasteiger partial charge in [0.2, 0.25) is 6.79 Å². The summed E-state index contributed by atoms with van der Waals surface area (Å²) in [6.45, 7) is 4.87. The van der Waals surface area contributed by atoms with E-state index in [1.165, 1.54) is 5.56 Å². The van der Waals surface area contributed by atoms with Gasteiger partial charge in [-0.15, -0.1) is 24.0 Å². The minimum atomic E-state index is 0. The molecule has 4 rings (SSSR count). The van der Waals surface area contributed by atoms with Gasteiger partial charge in [0.1, 0.15) is 12.4 Å². The van der Waals surface area contributed by atoms with Crippen LogP contribution in [-0.4, -0.2) is 57.5 Å². The van der Waals surface area contributed by atoms with Gasteiger partial charge in [-0.1, -0.05) is 30.3 Å². The van der Waals surface area contributed by atoms with Crippen LogP contribution in [0.4, 0.5) is 0 Å². The molecule has 8 heteroatoms. The van der Waals surface area contributed by atoms with E-state index in [1.54, 1.807) is 0 Å². The Morgan fingerprint density at radius 1 is 1.16 bits per heavy atom. The number of hydrogen-bond acceptors (Lipinski definition) is 5. The van der Waals surface area contributed by atoms with Gasteiger partial charge in [0.05, 0.1) is 19.8 Å². The molecule has 0 saturated carbocycles. The van der Waals surface area contributed by atoms with E-state index < -0.39 is 0 Å². The highest BCUT2D eigenvalue weighted by atomic mass is 127. The molecule has 1 saturated heterocycles. The zero-order chi connectivity index (χ0) is 20.6. The molecule has 168 valence electrons. The average molecular weight is 539 g/mol. The lowest BCUT2D eigenvalue weighted by molar-refractivity contribution is 0.0906. The number of likely N-dealkylation sites (tertiary alicyclic amines) is 1. The zero-order valence-electron chi connectivity index (χ0n) is 17.8. The fourth-order valence-electron chi connectivity index (χ4n) is 3.71. The Kier molecular flexibility index (Phi) is 9.08. The predicted molar refractivity (Wildman–Crippen MR) is 131 cm³/mol. The Morgan fingerprint density at radius 3 is 2.84 bits per heavy atom. The summed E-state index contributed by atoms with van der Waals surface area (Å²) in [4.78, 5) is 6.71. The van der Waals surface area contributed by atoms with Gasteiger partial charge in [-0.3, -0.25) is 4.99 Å². The fraction of sp³-hybridized carbons (Fsp3) is 0.435. The van der Waals surface area contributed by atoms with E-state index in [0.717, 1.165) is 49.3 Å². The highest BCUT2D eigenvalue weighted by molar-refractivity contribution is 14.0. The molecule has 1 unspecified atom stereocenters. The maximum absolute atomic E-state index is 5.92. The fourth-order valence-corrected chi connectivity index (χ4v) is 3.71. The second-order valence-corrected chi connectivity index (χ2v) is 7.44. The predicted octanol–water partition coefficient (Wildman–Crippen LogP) is 3.53. The summed E-state index contributed by atoms with van der Waals surface area (Å²) in [5.41, 5.74) is 1.22. The summed E-state index contributed by atoms with van der Waals surface area (Å²) in [7, 11) is 1.82. The van der Waals surface area contributed by atoms with Crippen molar-refractivity contribution in [3.05, 3.63) is 54.1 Å². The summed E-state index contributed by atoms with van der Waals surface area (Å²) in [5.74, 6) is 3.70. The zero-order valence-corrected chi connectivity index (χ0v) is 20.1. The first-order valence-electron chi connectivity index (χ1n) is 10.4. The molecular formula is C23H30IN3O4. The highest BCUT2D eigenvalue weighted by Crippen LogP contribution is 2.35. The summed E-state index contributed by atoms with van der Waals surface area (Å²) < 4.78 is 22.4. The molecule has 0 amide bonds. The Labute approximate surface area is 200 Å². The second kappa shape index (κ2) is 12.0. The Morgan fingerprint density at radius 2 is 2.00 bits per heavy atom. The Bertz CT molecular complexity index is 850. The lowest BCUT2D eigenvalue weighted by Gasteiger charge is -2.22. The highest BCUT2D eigenvalue weighted by Gasteiger charge is 2.25. The Balaban J connectivity index is 0.00000272. The second-order valence-electron chi connectivity index (χ2n) is 7.44. The van der Waals surface area contributed by atoms with Crippen LogP contribution in [0.15, 0.2) is 53.5 Å². The van der Waals surface area contributed by atoms with E-state index in [2.05, 4.69) is 27.3 Å². The van der Waals surface area contributed by atoms with Crippen molar-refractivity contribution < 1.29 is 18.9 Å². The van der Waals surface area contributed by atoms with Crippen molar-refractivity contribution in [3.8, 4) is 17.2 Å². The minimum Gasteiger partial charge on any atom is -0.492 e. The van der Waals surface area contributed by atoms with E-state index in [1.807, 2.05) is 43.4 Å². The maximum Gasteiger partial charge on any atom is 0.231 e. The third-order valence-electron chi connectivity index (χ3n) is 5.26. The monoisotopic (exact) mass is 539 g/mol. The van der Waals surface area contributed by atoms with Crippen LogP contribution in [0.1, 0.15) is 12.0 Å². The topological polar surface area (TPSA) is 64.6 Å². The van der Waals surface area contributed by atoms with Crippen molar-refractivity contribution in [3.63, 3.8) is 0 Å². The molecule has 2 aromatic rings. The number of hydrogen-bond donors (Lipinski definition) is 1. The van der Waals surface area contributed by atoms with Crippen LogP contribution < -0.4 is 19.5 Å². The van der Waals surface area contributed by atoms with Gasteiger partial charge in [-0.25, -0.2) is 0 Å². The van der Waals surface area contributed by atoms with E-state index in [0.29, 0.717) is 25.7 Å². The number of guanidine groups is 1. The molecule has 0 radical (unpaired) electrons. The molecular weight excluding hydrogens is 509 g/mol. The van der Waals surface area contributed by atoms with Crippen molar-refractivity contribution in [1.82, 2.24) is 10.2 Å². The van der Waals surface area contributed by atoms with Gasteiger partial charge in [0.15, 0.2) is 17.5 Å². The first-order chi connectivity index (χ1) is 14.8. The first-order valence-corrected chi connectivity index (χ1v) is 10.4. The molecule has 0 bridgehead atoms. The molecule has 2 aliphatic rings. The van der Waals surface area contributed by atoms with Gasteiger partial charge < -0.3 is 29.2 Å². The van der Waals surface area contributed by atoms with Crippen LogP contribution in [-0.2, 0) is 11.3 Å². The normalized spacial score (nSPS) is 17.4. The summed E-state index contributed by atoms with van der Waals surface area (Å²) in [6, 6.07) is 15.9. The lowest BCUT2D eigenvalue weighted by atomic mass is 10.1. The number of rotatable bonds is 8. The minimum absolute atomic E-state index is 0. The third-order valence-corrected chi connectivity index (χ3v) is 5.26. The van der Waals surface area contributed by atoms with E-state index in [9.17, 15) is 0 Å². The van der Waals surface area contributed by atoms with Gasteiger partial charge in [-0.2, -0.15) is 0 Å². The van der Waals surface area contributed by atoms with Crippen LogP contribution in [0.2, 0.25) is 0 Å². The van der Waals surface area contributed by atoms with Crippen molar-refractivity contribution >= 4 is 29.9 Å². The standard InChI is InChI=1S/C23H29N3O4.HI/c1-24-23(25-10-12-28-20-7-8-21-22(13-20)30-17-29-21)26-11-9-19(14-26)16-27-15-18-5-3-2-4-6-18;/h2-8,13,19H,9-12,14-17H2,1H3,(H,24,25);1H. The van der Waals surface area contributed by atoms with Crippen LogP contribution >= 0.6 is 24.0 Å². The van der Waals surface area contributed by atoms with Gasteiger partial charge in [-0.05, 0) is 24.1 Å². The smallest absolute Gasteiger partial charge is 0.231 e. The molecule has 31 heavy (non-hydrogen) atoms. The van der Waals surface area contributed by atoms with Crippen molar-refractivity contribution in [2.24, 2.45) is 10.9 Å². The number of aliphatic imine (C=N–C) groups is 1. The van der Waals surface area contributed by atoms with Crippen LogP contribution in [0.5, 0.6) is 17.2 Å². The molecule has 2 aliphatic heterocycles. The van der Waals surface area contributed by atoms with E-state index >= 15 is 0 Å². The quantitative estimate of drug-likeness (QED) is 0.240. The number of nitrogens with zero attached hydrogens (tertiary/aromatic N) is 2. The largest absolute Gasteiger partial charge is 0.492 e. The summed E-state index contributed by atoms with van der Waals surface area (Å²) in [6.07, 6.45) is 1.11. The Hall–Kier alpha value is -2.20. The summed E-state index contributed by atoms with van der Waals surface area (Å²) >= 11 is 0. The summed E-state index contributed by atoms with van der Waals surface area (Å²) in [5, 5.41) is 3.39. The van der Waals surface area contributed by atoms with Gasteiger partial charge in [0.25, 0.3) is 0 Å². The number of fused-ring (bicyclic) bond motifs is 1. The number of halogens is 1. The number of ether oxygens (including phenoxy) is 4. The molecule has 2 heterocycles. The molecule has 0 aromatic heterocycles.